The van der Waals surface area contributed by atoms with Crippen molar-refractivity contribution in [3.8, 4) is 0 Å². The van der Waals surface area contributed by atoms with Crippen molar-refractivity contribution in [3.63, 3.8) is 0 Å². The Balaban J connectivity index is 0.00000289. The van der Waals surface area contributed by atoms with E-state index >= 15 is 0 Å². The maximum absolute atomic E-state index is 13.0. The molecule has 0 aliphatic carbocycles. The molecule has 1 aromatic rings. The predicted molar refractivity (Wildman–Crippen MR) is 73.9 cm³/mol. The molecule has 0 aromatic heterocycles. The monoisotopic (exact) mass is 274 g/mol. The molecule has 0 heterocycles. The van der Waals surface area contributed by atoms with Crippen LogP contribution in [0.4, 0.5) is 4.39 Å². The van der Waals surface area contributed by atoms with Crippen molar-refractivity contribution in [1.82, 2.24) is 10.6 Å². The highest BCUT2D eigenvalue weighted by Gasteiger charge is 2.08. The molecule has 0 saturated heterocycles. The van der Waals surface area contributed by atoms with E-state index in [1.165, 1.54) is 12.1 Å². The van der Waals surface area contributed by atoms with Crippen molar-refractivity contribution in [3.05, 3.63) is 35.1 Å². The molecule has 1 aromatic carbocycles. The number of carbonyl (C=O) groups excluding carboxylic acids is 1. The van der Waals surface area contributed by atoms with E-state index in [-0.39, 0.29) is 30.2 Å². The molecular formula is C13H20ClFN2O. The summed E-state index contributed by atoms with van der Waals surface area (Å²) >= 11 is 0. The van der Waals surface area contributed by atoms with Gasteiger partial charge in [-0.2, -0.15) is 0 Å². The number of amides is 1. The fourth-order valence-electron chi connectivity index (χ4n) is 1.55. The second kappa shape index (κ2) is 8.06. The molecule has 0 aliphatic heterocycles. The minimum atomic E-state index is -0.289. The van der Waals surface area contributed by atoms with Gasteiger partial charge in [0.25, 0.3) is 5.91 Å². The number of benzene rings is 1. The molecule has 0 radical (unpaired) electrons. The van der Waals surface area contributed by atoms with Crippen LogP contribution in [0, 0.1) is 12.7 Å². The minimum absolute atomic E-state index is 0. The van der Waals surface area contributed by atoms with Crippen molar-refractivity contribution >= 4 is 18.3 Å². The molecule has 0 spiro atoms. The van der Waals surface area contributed by atoms with Crippen LogP contribution in [-0.4, -0.2) is 25.0 Å². The average Bonchev–Trinajstić information content (AvgIpc) is 2.30. The molecule has 0 bridgehead atoms. The lowest BCUT2D eigenvalue weighted by atomic mass is 10.1. The van der Waals surface area contributed by atoms with Gasteiger partial charge in [-0.3, -0.25) is 4.79 Å². The molecule has 0 unspecified atom stereocenters. The van der Waals surface area contributed by atoms with E-state index in [9.17, 15) is 9.18 Å². The lowest BCUT2D eigenvalue weighted by Gasteiger charge is -2.13. The topological polar surface area (TPSA) is 41.1 Å². The summed E-state index contributed by atoms with van der Waals surface area (Å²) in [5, 5.41) is 6.00. The SMILES string of the molecule is CCN[C@H](C)CNC(=O)c1ccc(F)c(C)c1.Cl. The van der Waals surface area contributed by atoms with E-state index in [2.05, 4.69) is 10.6 Å². The Kier molecular flexibility index (Phi) is 7.55. The van der Waals surface area contributed by atoms with E-state index in [4.69, 9.17) is 0 Å². The number of aryl methyl sites for hydroxylation is 1. The number of hydrogen-bond acceptors (Lipinski definition) is 2. The quantitative estimate of drug-likeness (QED) is 0.865. The van der Waals surface area contributed by atoms with Crippen molar-refractivity contribution < 1.29 is 9.18 Å². The van der Waals surface area contributed by atoms with Gasteiger partial charge in [0.1, 0.15) is 5.82 Å². The second-order valence-corrected chi connectivity index (χ2v) is 4.13. The first kappa shape index (κ1) is 16.9. The summed E-state index contributed by atoms with van der Waals surface area (Å²) in [5.74, 6) is -0.458. The van der Waals surface area contributed by atoms with Crippen molar-refractivity contribution in [2.45, 2.75) is 26.8 Å². The minimum Gasteiger partial charge on any atom is -0.350 e. The standard InChI is InChI=1S/C13H19FN2O.ClH/c1-4-15-10(3)8-16-13(17)11-5-6-12(14)9(2)7-11;/h5-7,10,15H,4,8H2,1-3H3,(H,16,17);1H/t10-;/m1./s1. The van der Waals surface area contributed by atoms with Gasteiger partial charge in [0.15, 0.2) is 0 Å². The third-order valence-corrected chi connectivity index (χ3v) is 2.54. The summed E-state index contributed by atoms with van der Waals surface area (Å²) < 4.78 is 13.0. The molecule has 102 valence electrons. The lowest BCUT2D eigenvalue weighted by Crippen LogP contribution is -2.38. The molecule has 2 N–H and O–H groups in total. The zero-order valence-electron chi connectivity index (χ0n) is 10.9. The van der Waals surface area contributed by atoms with Gasteiger partial charge in [0, 0.05) is 18.2 Å². The molecule has 1 amide bonds. The summed E-state index contributed by atoms with van der Waals surface area (Å²) in [6.45, 7) is 7.09. The van der Waals surface area contributed by atoms with E-state index in [0.29, 0.717) is 17.7 Å². The highest BCUT2D eigenvalue weighted by atomic mass is 35.5. The van der Waals surface area contributed by atoms with E-state index in [1.54, 1.807) is 13.0 Å². The summed E-state index contributed by atoms with van der Waals surface area (Å²) in [4.78, 5) is 11.8. The molecule has 5 heteroatoms. The highest BCUT2D eigenvalue weighted by molar-refractivity contribution is 5.94. The number of nitrogens with one attached hydrogen (secondary N) is 2. The largest absolute Gasteiger partial charge is 0.350 e. The summed E-state index contributed by atoms with van der Waals surface area (Å²) in [6.07, 6.45) is 0. The third kappa shape index (κ3) is 5.02. The number of likely N-dealkylation sites (N-methyl/N-ethyl adjacent to an activating group) is 1. The van der Waals surface area contributed by atoms with Crippen LogP contribution in [0.1, 0.15) is 29.8 Å². The van der Waals surface area contributed by atoms with Gasteiger partial charge in [-0.15, -0.1) is 12.4 Å². The summed E-state index contributed by atoms with van der Waals surface area (Å²) in [6, 6.07) is 4.60. The molecule has 0 fully saturated rings. The maximum atomic E-state index is 13.0. The first-order chi connectivity index (χ1) is 8.04. The summed E-state index contributed by atoms with van der Waals surface area (Å²) in [5.41, 5.74) is 0.977. The molecule has 1 atom stereocenters. The van der Waals surface area contributed by atoms with Gasteiger partial charge in [0.05, 0.1) is 0 Å². The Hall–Kier alpha value is -1.13. The van der Waals surface area contributed by atoms with Crippen LogP contribution in [0.3, 0.4) is 0 Å². The van der Waals surface area contributed by atoms with Crippen LogP contribution in [0.25, 0.3) is 0 Å². The van der Waals surface area contributed by atoms with Crippen LogP contribution in [0.5, 0.6) is 0 Å². The van der Waals surface area contributed by atoms with Gasteiger partial charge in [0.2, 0.25) is 0 Å². The van der Waals surface area contributed by atoms with E-state index in [1.807, 2.05) is 13.8 Å². The fourth-order valence-corrected chi connectivity index (χ4v) is 1.55. The Morgan fingerprint density at radius 2 is 2.11 bits per heavy atom. The normalized spacial score (nSPS) is 11.6. The van der Waals surface area contributed by atoms with Gasteiger partial charge in [-0.1, -0.05) is 6.92 Å². The number of hydrogen-bond donors (Lipinski definition) is 2. The molecule has 3 nitrogen and oxygen atoms in total. The first-order valence-corrected chi connectivity index (χ1v) is 5.82. The maximum Gasteiger partial charge on any atom is 0.251 e. The Morgan fingerprint density at radius 3 is 2.67 bits per heavy atom. The van der Waals surface area contributed by atoms with Gasteiger partial charge >= 0.3 is 0 Å². The highest BCUT2D eigenvalue weighted by Crippen LogP contribution is 2.08. The van der Waals surface area contributed by atoms with Gasteiger partial charge in [-0.05, 0) is 44.2 Å². The smallest absolute Gasteiger partial charge is 0.251 e. The van der Waals surface area contributed by atoms with Gasteiger partial charge in [-0.25, -0.2) is 4.39 Å². The zero-order chi connectivity index (χ0) is 12.8. The predicted octanol–water partition coefficient (Wildman–Crippen LogP) is 2.28. The zero-order valence-corrected chi connectivity index (χ0v) is 11.7. The average molecular weight is 275 g/mol. The fraction of sp³-hybridized carbons (Fsp3) is 0.462. The Morgan fingerprint density at radius 1 is 1.44 bits per heavy atom. The van der Waals surface area contributed by atoms with Crippen LogP contribution >= 0.6 is 12.4 Å². The van der Waals surface area contributed by atoms with E-state index < -0.39 is 0 Å². The van der Waals surface area contributed by atoms with Crippen molar-refractivity contribution in [1.29, 1.82) is 0 Å². The molecule has 0 aliphatic rings. The lowest BCUT2D eigenvalue weighted by molar-refractivity contribution is 0.0950. The first-order valence-electron chi connectivity index (χ1n) is 5.82. The molecule has 1 rings (SSSR count). The molecule has 0 saturated carbocycles. The summed E-state index contributed by atoms with van der Waals surface area (Å²) in [7, 11) is 0. The van der Waals surface area contributed by atoms with E-state index in [0.717, 1.165) is 6.54 Å². The number of carbonyl (C=O) groups is 1. The van der Waals surface area contributed by atoms with Crippen molar-refractivity contribution in [2.24, 2.45) is 0 Å². The van der Waals surface area contributed by atoms with Crippen LogP contribution in [0.15, 0.2) is 18.2 Å². The number of rotatable bonds is 5. The van der Waals surface area contributed by atoms with Crippen LogP contribution < -0.4 is 10.6 Å². The van der Waals surface area contributed by atoms with Gasteiger partial charge < -0.3 is 10.6 Å². The number of halogens is 2. The van der Waals surface area contributed by atoms with Crippen molar-refractivity contribution in [2.75, 3.05) is 13.1 Å². The second-order valence-electron chi connectivity index (χ2n) is 4.13. The molecule has 18 heavy (non-hydrogen) atoms. The van der Waals surface area contributed by atoms with Crippen LogP contribution in [-0.2, 0) is 0 Å². The third-order valence-electron chi connectivity index (χ3n) is 2.54. The molecular weight excluding hydrogens is 255 g/mol. The Bertz CT molecular complexity index is 399. The Labute approximate surface area is 114 Å². The van der Waals surface area contributed by atoms with Crippen LogP contribution in [0.2, 0.25) is 0 Å².